The second-order valence-corrected chi connectivity index (χ2v) is 5.60. The molecule has 0 unspecified atom stereocenters. The van der Waals surface area contributed by atoms with E-state index >= 15 is 0 Å². The van der Waals surface area contributed by atoms with Crippen molar-refractivity contribution in [2.75, 3.05) is 36.4 Å². The van der Waals surface area contributed by atoms with Crippen LogP contribution < -0.4 is 10.2 Å². The third-order valence-corrected chi connectivity index (χ3v) is 3.99. The maximum absolute atomic E-state index is 13.8. The first-order chi connectivity index (χ1) is 12.0. The first-order valence-electron chi connectivity index (χ1n) is 7.65. The fourth-order valence-corrected chi connectivity index (χ4v) is 2.71. The van der Waals surface area contributed by atoms with E-state index in [1.165, 1.54) is 28.0 Å². The normalized spacial score (nSPS) is 14.6. The summed E-state index contributed by atoms with van der Waals surface area (Å²) >= 11 is 0. The number of nitrogens with zero attached hydrogens (tertiary/aromatic N) is 2. The number of rotatable bonds is 2. The quantitative estimate of drug-likeness (QED) is 0.838. The summed E-state index contributed by atoms with van der Waals surface area (Å²) in [6.45, 7) is 0.888. The highest BCUT2D eigenvalue weighted by Crippen LogP contribution is 2.24. The number of anilines is 2. The zero-order valence-corrected chi connectivity index (χ0v) is 13.1. The van der Waals surface area contributed by atoms with Crippen molar-refractivity contribution in [1.29, 1.82) is 0 Å². The predicted octanol–water partition coefficient (Wildman–Crippen LogP) is 3.60. The lowest BCUT2D eigenvalue weighted by Crippen LogP contribution is -2.50. The summed E-state index contributed by atoms with van der Waals surface area (Å²) in [5, 5.41) is 2.36. The Bertz CT molecular complexity index is 771. The van der Waals surface area contributed by atoms with Gasteiger partial charge in [0, 0.05) is 32.2 Å². The summed E-state index contributed by atoms with van der Waals surface area (Å²) in [6.07, 6.45) is 0. The van der Waals surface area contributed by atoms with E-state index in [0.717, 1.165) is 12.1 Å². The van der Waals surface area contributed by atoms with Crippen LogP contribution in [0.1, 0.15) is 0 Å². The smallest absolute Gasteiger partial charge is 0.322 e. The van der Waals surface area contributed by atoms with Crippen molar-refractivity contribution in [1.82, 2.24) is 4.90 Å². The molecule has 1 aliphatic heterocycles. The predicted molar refractivity (Wildman–Crippen MR) is 85.5 cm³/mol. The Morgan fingerprint density at radius 2 is 1.52 bits per heavy atom. The molecule has 132 valence electrons. The van der Waals surface area contributed by atoms with Crippen molar-refractivity contribution in [2.24, 2.45) is 0 Å². The van der Waals surface area contributed by atoms with Gasteiger partial charge in [-0.2, -0.15) is 0 Å². The minimum Gasteiger partial charge on any atom is -0.363 e. The van der Waals surface area contributed by atoms with E-state index in [0.29, 0.717) is 6.07 Å². The number of hydrogen-bond donors (Lipinski definition) is 1. The third-order valence-electron chi connectivity index (χ3n) is 3.99. The van der Waals surface area contributed by atoms with Crippen LogP contribution in [-0.4, -0.2) is 37.1 Å². The SMILES string of the molecule is O=C(Nc1ccc(F)cc1F)N1CCN(c2c(F)cccc2F)CC1. The zero-order valence-electron chi connectivity index (χ0n) is 13.1. The van der Waals surface area contributed by atoms with Crippen LogP contribution in [0.2, 0.25) is 0 Å². The largest absolute Gasteiger partial charge is 0.363 e. The summed E-state index contributed by atoms with van der Waals surface area (Å²) in [5.74, 6) is -2.94. The molecule has 0 saturated carbocycles. The topological polar surface area (TPSA) is 35.6 Å². The van der Waals surface area contributed by atoms with E-state index in [9.17, 15) is 22.4 Å². The third kappa shape index (κ3) is 3.67. The molecule has 8 heteroatoms. The van der Waals surface area contributed by atoms with E-state index in [4.69, 9.17) is 0 Å². The van der Waals surface area contributed by atoms with Crippen LogP contribution in [0, 0.1) is 23.3 Å². The van der Waals surface area contributed by atoms with Gasteiger partial charge in [0.1, 0.15) is 29.0 Å². The average molecular weight is 353 g/mol. The number of hydrogen-bond acceptors (Lipinski definition) is 2. The van der Waals surface area contributed by atoms with Crippen molar-refractivity contribution >= 4 is 17.4 Å². The Labute approximate surface area is 141 Å². The summed E-state index contributed by atoms with van der Waals surface area (Å²) < 4.78 is 54.1. The van der Waals surface area contributed by atoms with Gasteiger partial charge in [-0.25, -0.2) is 22.4 Å². The second kappa shape index (κ2) is 7.00. The van der Waals surface area contributed by atoms with E-state index in [2.05, 4.69) is 5.32 Å². The number of piperazine rings is 1. The van der Waals surface area contributed by atoms with Crippen LogP contribution in [0.25, 0.3) is 0 Å². The number of urea groups is 1. The Hall–Kier alpha value is -2.77. The number of amides is 2. The van der Waals surface area contributed by atoms with Crippen molar-refractivity contribution in [3.8, 4) is 0 Å². The van der Waals surface area contributed by atoms with Gasteiger partial charge < -0.3 is 15.1 Å². The Morgan fingerprint density at radius 3 is 2.12 bits per heavy atom. The first-order valence-corrected chi connectivity index (χ1v) is 7.65. The fraction of sp³-hybridized carbons (Fsp3) is 0.235. The van der Waals surface area contributed by atoms with Gasteiger partial charge in [0.25, 0.3) is 0 Å². The molecular formula is C17H15F4N3O. The van der Waals surface area contributed by atoms with Gasteiger partial charge in [-0.05, 0) is 24.3 Å². The van der Waals surface area contributed by atoms with Crippen LogP contribution in [0.4, 0.5) is 33.7 Å². The molecule has 4 nitrogen and oxygen atoms in total. The molecule has 2 aromatic rings. The van der Waals surface area contributed by atoms with Gasteiger partial charge in [0.15, 0.2) is 0 Å². The van der Waals surface area contributed by atoms with Crippen molar-refractivity contribution in [3.63, 3.8) is 0 Å². The number of para-hydroxylation sites is 1. The van der Waals surface area contributed by atoms with Crippen LogP contribution in [0.3, 0.4) is 0 Å². The van der Waals surface area contributed by atoms with Crippen LogP contribution >= 0.6 is 0 Å². The molecular weight excluding hydrogens is 338 g/mol. The lowest BCUT2D eigenvalue weighted by molar-refractivity contribution is 0.208. The Balaban J connectivity index is 1.63. The number of nitrogens with one attached hydrogen (secondary N) is 1. The molecule has 0 spiro atoms. The highest BCUT2D eigenvalue weighted by molar-refractivity contribution is 5.89. The zero-order chi connectivity index (χ0) is 18.0. The fourth-order valence-electron chi connectivity index (χ4n) is 2.71. The van der Waals surface area contributed by atoms with Gasteiger partial charge in [0.2, 0.25) is 0 Å². The van der Waals surface area contributed by atoms with Crippen molar-refractivity contribution < 1.29 is 22.4 Å². The average Bonchev–Trinajstić information content (AvgIpc) is 2.58. The first kappa shape index (κ1) is 17.1. The minimum absolute atomic E-state index is 0.118. The van der Waals surface area contributed by atoms with Gasteiger partial charge in [0.05, 0.1) is 5.69 Å². The molecule has 0 bridgehead atoms. The number of carbonyl (C=O) groups excluding carboxylic acids is 1. The monoisotopic (exact) mass is 353 g/mol. The maximum atomic E-state index is 13.8. The van der Waals surface area contributed by atoms with Gasteiger partial charge in [-0.1, -0.05) is 6.07 Å². The molecule has 0 aliphatic carbocycles. The second-order valence-electron chi connectivity index (χ2n) is 5.60. The van der Waals surface area contributed by atoms with Crippen LogP contribution in [0.5, 0.6) is 0 Å². The molecule has 3 rings (SSSR count). The summed E-state index contributed by atoms with van der Waals surface area (Å²) in [5.41, 5.74) is -0.249. The molecule has 0 radical (unpaired) electrons. The van der Waals surface area contributed by atoms with E-state index in [-0.39, 0.29) is 37.6 Å². The number of halogens is 4. The molecule has 0 aromatic heterocycles. The lowest BCUT2D eigenvalue weighted by Gasteiger charge is -2.36. The van der Waals surface area contributed by atoms with Gasteiger partial charge >= 0.3 is 6.03 Å². The molecule has 2 aromatic carbocycles. The molecule has 1 heterocycles. The standard InChI is InChI=1S/C17H15F4N3O/c18-11-4-5-15(14(21)10-11)22-17(25)24-8-6-23(7-9-24)16-12(19)2-1-3-13(16)20/h1-5,10H,6-9H2,(H,22,25). The number of benzene rings is 2. The van der Waals surface area contributed by atoms with Crippen molar-refractivity contribution in [2.45, 2.75) is 0 Å². The molecule has 0 atom stereocenters. The van der Waals surface area contributed by atoms with E-state index in [1.807, 2.05) is 0 Å². The Morgan fingerprint density at radius 1 is 0.880 bits per heavy atom. The molecule has 25 heavy (non-hydrogen) atoms. The minimum atomic E-state index is -0.875. The molecule has 1 aliphatic rings. The van der Waals surface area contributed by atoms with Crippen LogP contribution in [0.15, 0.2) is 36.4 Å². The van der Waals surface area contributed by atoms with E-state index < -0.39 is 29.3 Å². The summed E-state index contributed by atoms with van der Waals surface area (Å²) in [7, 11) is 0. The summed E-state index contributed by atoms with van der Waals surface area (Å²) in [4.78, 5) is 15.1. The molecule has 1 saturated heterocycles. The molecule has 1 fully saturated rings. The molecule has 1 N–H and O–H groups in total. The summed E-state index contributed by atoms with van der Waals surface area (Å²) in [6, 6.07) is 5.93. The van der Waals surface area contributed by atoms with E-state index in [1.54, 1.807) is 0 Å². The lowest BCUT2D eigenvalue weighted by atomic mass is 10.2. The van der Waals surface area contributed by atoms with Crippen molar-refractivity contribution in [3.05, 3.63) is 59.7 Å². The maximum Gasteiger partial charge on any atom is 0.322 e. The van der Waals surface area contributed by atoms with Gasteiger partial charge in [-0.15, -0.1) is 0 Å². The number of carbonyl (C=O) groups is 1. The Kier molecular flexibility index (Phi) is 4.78. The van der Waals surface area contributed by atoms with Crippen LogP contribution in [-0.2, 0) is 0 Å². The molecule has 2 amide bonds. The highest BCUT2D eigenvalue weighted by atomic mass is 19.1. The van der Waals surface area contributed by atoms with Gasteiger partial charge in [-0.3, -0.25) is 0 Å². The highest BCUT2D eigenvalue weighted by Gasteiger charge is 2.25.